The Morgan fingerprint density at radius 1 is 0.682 bits per heavy atom. The number of nitrogens with zero attached hydrogens (tertiary/aromatic N) is 1. The Morgan fingerprint density at radius 2 is 1.23 bits per heavy atom. The number of unbranched alkanes of at least 4 members (excludes halogenated alkanes) is 9. The van der Waals surface area contributed by atoms with Gasteiger partial charge >= 0.3 is 0 Å². The van der Waals surface area contributed by atoms with Crippen molar-refractivity contribution in [2.45, 2.75) is 84.5 Å². The first-order chi connectivity index (χ1) is 10.8. The lowest BCUT2D eigenvalue weighted by Crippen LogP contribution is -2.32. The second kappa shape index (κ2) is 18.9. The quantitative estimate of drug-likeness (QED) is 0.373. The number of nitrogens with two attached hydrogens (primary N) is 1. The molecule has 0 amide bonds. The largest absolute Gasteiger partial charge is 0.329 e. The molecule has 0 aliphatic rings. The zero-order valence-electron chi connectivity index (χ0n) is 15.5. The number of nitrogens with one attached hydrogen (secondary N) is 1. The molecule has 0 rings (SSSR count). The highest BCUT2D eigenvalue weighted by atomic mass is 15.1. The van der Waals surface area contributed by atoms with Gasteiger partial charge in [-0.2, -0.15) is 0 Å². The monoisotopic (exact) mass is 313 g/mol. The molecule has 3 nitrogen and oxygen atoms in total. The van der Waals surface area contributed by atoms with Crippen molar-refractivity contribution in [2.24, 2.45) is 5.73 Å². The summed E-state index contributed by atoms with van der Waals surface area (Å²) in [4.78, 5) is 2.43. The van der Waals surface area contributed by atoms with Gasteiger partial charge in [0.1, 0.15) is 0 Å². The minimum absolute atomic E-state index is 0.778. The second-order valence-electron chi connectivity index (χ2n) is 6.51. The van der Waals surface area contributed by atoms with E-state index in [9.17, 15) is 0 Å². The Bertz CT molecular complexity index is 197. The van der Waals surface area contributed by atoms with Crippen LogP contribution in [0.2, 0.25) is 0 Å². The Kier molecular flexibility index (Phi) is 18.8. The standard InChI is InChI=1S/C19H43N3/c1-3-5-6-7-8-9-10-11-12-13-16-21-17-14-18-22(4-2)19-15-20/h21H,3-20H2,1-2H3. The van der Waals surface area contributed by atoms with E-state index in [0.717, 1.165) is 26.2 Å². The van der Waals surface area contributed by atoms with E-state index >= 15 is 0 Å². The minimum Gasteiger partial charge on any atom is -0.329 e. The Balaban J connectivity index is 3.08. The molecule has 0 spiro atoms. The molecule has 0 aromatic rings. The van der Waals surface area contributed by atoms with Crippen molar-refractivity contribution in [3.8, 4) is 0 Å². The maximum absolute atomic E-state index is 5.60. The van der Waals surface area contributed by atoms with Gasteiger partial charge < -0.3 is 16.0 Å². The molecular formula is C19H43N3. The van der Waals surface area contributed by atoms with Crippen LogP contribution in [0.25, 0.3) is 0 Å². The molecule has 134 valence electrons. The highest BCUT2D eigenvalue weighted by Gasteiger charge is 1.99. The smallest absolute Gasteiger partial charge is 0.0104 e. The first-order valence-electron chi connectivity index (χ1n) is 9.98. The molecule has 0 aromatic carbocycles. The average Bonchev–Trinajstić information content (AvgIpc) is 2.54. The first kappa shape index (κ1) is 21.9. The maximum Gasteiger partial charge on any atom is 0.0104 e. The van der Waals surface area contributed by atoms with Crippen LogP contribution in [0.15, 0.2) is 0 Å². The number of rotatable bonds is 18. The van der Waals surface area contributed by atoms with E-state index in [1.54, 1.807) is 0 Å². The van der Waals surface area contributed by atoms with Gasteiger partial charge in [-0.3, -0.25) is 0 Å². The van der Waals surface area contributed by atoms with Gasteiger partial charge in [-0.1, -0.05) is 71.6 Å². The van der Waals surface area contributed by atoms with E-state index in [1.807, 2.05) is 0 Å². The molecule has 0 fully saturated rings. The van der Waals surface area contributed by atoms with E-state index < -0.39 is 0 Å². The van der Waals surface area contributed by atoms with Crippen molar-refractivity contribution in [2.75, 3.05) is 39.3 Å². The van der Waals surface area contributed by atoms with Gasteiger partial charge in [-0.15, -0.1) is 0 Å². The highest BCUT2D eigenvalue weighted by molar-refractivity contribution is 4.58. The summed E-state index contributed by atoms with van der Waals surface area (Å²) < 4.78 is 0. The van der Waals surface area contributed by atoms with E-state index in [1.165, 1.54) is 83.7 Å². The number of hydrogen-bond donors (Lipinski definition) is 2. The summed E-state index contributed by atoms with van der Waals surface area (Å²) in [5.41, 5.74) is 5.60. The molecule has 3 N–H and O–H groups in total. The summed E-state index contributed by atoms with van der Waals surface area (Å²) in [6.45, 7) is 11.0. The lowest BCUT2D eigenvalue weighted by Gasteiger charge is -2.19. The van der Waals surface area contributed by atoms with Crippen LogP contribution in [0.5, 0.6) is 0 Å². The number of likely N-dealkylation sites (N-methyl/N-ethyl adjacent to an activating group) is 1. The van der Waals surface area contributed by atoms with Gasteiger partial charge in [0, 0.05) is 13.1 Å². The van der Waals surface area contributed by atoms with Crippen molar-refractivity contribution >= 4 is 0 Å². The summed E-state index contributed by atoms with van der Waals surface area (Å²) in [7, 11) is 0. The molecule has 0 radical (unpaired) electrons. The molecule has 22 heavy (non-hydrogen) atoms. The van der Waals surface area contributed by atoms with E-state index in [2.05, 4.69) is 24.1 Å². The van der Waals surface area contributed by atoms with E-state index in [4.69, 9.17) is 5.73 Å². The maximum atomic E-state index is 5.60. The van der Waals surface area contributed by atoms with Crippen LogP contribution >= 0.6 is 0 Å². The lowest BCUT2D eigenvalue weighted by atomic mass is 10.1. The van der Waals surface area contributed by atoms with Crippen LogP contribution in [0.4, 0.5) is 0 Å². The highest BCUT2D eigenvalue weighted by Crippen LogP contribution is 2.10. The van der Waals surface area contributed by atoms with Crippen LogP contribution in [0.3, 0.4) is 0 Å². The first-order valence-corrected chi connectivity index (χ1v) is 9.98. The SMILES string of the molecule is CCCCCCCCCCCCNCCCN(CC)CCN. The average molecular weight is 314 g/mol. The molecular weight excluding hydrogens is 270 g/mol. The van der Waals surface area contributed by atoms with Crippen LogP contribution in [0, 0.1) is 0 Å². The van der Waals surface area contributed by atoms with Crippen LogP contribution in [-0.4, -0.2) is 44.2 Å². The van der Waals surface area contributed by atoms with Gasteiger partial charge in [0.05, 0.1) is 0 Å². The fourth-order valence-electron chi connectivity index (χ4n) is 2.90. The van der Waals surface area contributed by atoms with Gasteiger partial charge in [0.2, 0.25) is 0 Å². The van der Waals surface area contributed by atoms with Crippen LogP contribution in [0.1, 0.15) is 84.5 Å². The summed E-state index contributed by atoms with van der Waals surface area (Å²) in [5, 5.41) is 3.57. The van der Waals surface area contributed by atoms with Crippen LogP contribution in [-0.2, 0) is 0 Å². The third-order valence-electron chi connectivity index (χ3n) is 4.43. The molecule has 0 saturated heterocycles. The second-order valence-corrected chi connectivity index (χ2v) is 6.51. The fourth-order valence-corrected chi connectivity index (χ4v) is 2.90. The third kappa shape index (κ3) is 16.3. The fraction of sp³-hybridized carbons (Fsp3) is 1.00. The third-order valence-corrected chi connectivity index (χ3v) is 4.43. The molecule has 0 unspecified atom stereocenters. The van der Waals surface area contributed by atoms with Gasteiger partial charge in [-0.25, -0.2) is 0 Å². The van der Waals surface area contributed by atoms with Gasteiger partial charge in [-0.05, 0) is 39.0 Å². The van der Waals surface area contributed by atoms with E-state index in [-0.39, 0.29) is 0 Å². The molecule has 0 atom stereocenters. The van der Waals surface area contributed by atoms with Crippen LogP contribution < -0.4 is 11.1 Å². The van der Waals surface area contributed by atoms with E-state index in [0.29, 0.717) is 0 Å². The summed E-state index contributed by atoms with van der Waals surface area (Å²) in [6.07, 6.45) is 15.4. The Hall–Kier alpha value is -0.120. The predicted octanol–water partition coefficient (Wildman–Crippen LogP) is 4.17. The number of hydrogen-bond acceptors (Lipinski definition) is 3. The van der Waals surface area contributed by atoms with Crippen molar-refractivity contribution in [1.29, 1.82) is 0 Å². The zero-order chi connectivity index (χ0) is 16.3. The molecule has 3 heteroatoms. The summed E-state index contributed by atoms with van der Waals surface area (Å²) in [6, 6.07) is 0. The summed E-state index contributed by atoms with van der Waals surface area (Å²) >= 11 is 0. The molecule has 0 heterocycles. The van der Waals surface area contributed by atoms with Crippen molar-refractivity contribution in [3.05, 3.63) is 0 Å². The Labute approximate surface area is 140 Å². The molecule has 0 aliphatic heterocycles. The molecule has 0 bridgehead atoms. The molecule has 0 saturated carbocycles. The van der Waals surface area contributed by atoms with Gasteiger partial charge in [0.25, 0.3) is 0 Å². The zero-order valence-corrected chi connectivity index (χ0v) is 15.5. The van der Waals surface area contributed by atoms with Crippen molar-refractivity contribution in [1.82, 2.24) is 10.2 Å². The molecule has 0 aromatic heterocycles. The van der Waals surface area contributed by atoms with Crippen molar-refractivity contribution < 1.29 is 0 Å². The molecule has 0 aliphatic carbocycles. The summed E-state index contributed by atoms with van der Waals surface area (Å²) in [5.74, 6) is 0. The topological polar surface area (TPSA) is 41.3 Å². The van der Waals surface area contributed by atoms with Gasteiger partial charge in [0.15, 0.2) is 0 Å². The van der Waals surface area contributed by atoms with Crippen molar-refractivity contribution in [3.63, 3.8) is 0 Å². The Morgan fingerprint density at radius 3 is 1.77 bits per heavy atom. The predicted molar refractivity (Wildman–Crippen MR) is 100 cm³/mol. The normalized spacial score (nSPS) is 11.5. The lowest BCUT2D eigenvalue weighted by molar-refractivity contribution is 0.290. The minimum atomic E-state index is 0.778.